The third-order valence-electron chi connectivity index (χ3n) is 10.9. The van der Waals surface area contributed by atoms with Gasteiger partial charge in [-0.2, -0.15) is 0 Å². The van der Waals surface area contributed by atoms with Crippen LogP contribution in [0.1, 0.15) is 55.2 Å². The Labute approximate surface area is 311 Å². The van der Waals surface area contributed by atoms with E-state index in [2.05, 4.69) is 70.9 Å². The third kappa shape index (κ3) is 8.21. The number of hydrogen-bond acceptors (Lipinski definition) is 9. The fourth-order valence-corrected chi connectivity index (χ4v) is 8.18. The first-order valence-corrected chi connectivity index (χ1v) is 18.5. The zero-order chi connectivity index (χ0) is 37.2. The number of dihydropyridines is 1. The van der Waals surface area contributed by atoms with Gasteiger partial charge in [-0.25, -0.2) is 10.0 Å². The Morgan fingerprint density at radius 2 is 1.51 bits per heavy atom. The van der Waals surface area contributed by atoms with Crippen LogP contribution in [0.3, 0.4) is 0 Å². The zero-order valence-corrected chi connectivity index (χ0v) is 30.7. The van der Waals surface area contributed by atoms with Crippen molar-refractivity contribution in [1.82, 2.24) is 25.1 Å². The number of nitro groups is 1. The van der Waals surface area contributed by atoms with Crippen LogP contribution in [0, 0.1) is 10.1 Å². The number of methoxy groups -OCH3 is 1. The largest absolute Gasteiger partial charge is 0.379 e. The number of nitrogens with one attached hydrogen (secondary N) is 1. The summed E-state index contributed by atoms with van der Waals surface area (Å²) in [4.78, 5) is 41.5. The number of morpholine rings is 1. The van der Waals surface area contributed by atoms with Crippen molar-refractivity contribution in [3.8, 4) is 0 Å². The van der Waals surface area contributed by atoms with Crippen molar-refractivity contribution in [2.24, 2.45) is 0 Å². The highest BCUT2D eigenvalue weighted by molar-refractivity contribution is 5.61. The minimum atomic E-state index is -0.595. The fraction of sp³-hybridized carbons (Fsp3) is 0.415. The molecule has 1 atom stereocenters. The van der Waals surface area contributed by atoms with Gasteiger partial charge in [0.2, 0.25) is 12.8 Å². The predicted octanol–water partition coefficient (Wildman–Crippen LogP) is 5.40. The minimum Gasteiger partial charge on any atom is -0.379 e. The van der Waals surface area contributed by atoms with Crippen molar-refractivity contribution in [2.75, 3.05) is 66.2 Å². The average molecular weight is 723 g/mol. The molecule has 280 valence electrons. The second-order valence-corrected chi connectivity index (χ2v) is 13.7. The highest BCUT2D eigenvalue weighted by Gasteiger charge is 2.40. The molecule has 2 amide bonds. The number of piperidine rings is 1. The number of benzene rings is 3. The molecule has 0 aromatic heterocycles. The van der Waals surface area contributed by atoms with Crippen LogP contribution in [-0.4, -0.2) is 104 Å². The number of nitrogens with zero attached hydrogens (tertiary/aromatic N) is 5. The molecule has 12 heteroatoms. The quantitative estimate of drug-likeness (QED) is 0.118. The average Bonchev–Trinajstić information content (AvgIpc) is 3.21. The molecule has 53 heavy (non-hydrogen) atoms. The topological polar surface area (TPSA) is 121 Å². The number of carbonyl (C=O) groups is 2. The Morgan fingerprint density at radius 1 is 0.887 bits per heavy atom. The number of ether oxygens (including phenoxy) is 2. The van der Waals surface area contributed by atoms with Crippen molar-refractivity contribution in [2.45, 2.75) is 43.9 Å². The molecule has 0 radical (unpaired) electrons. The summed E-state index contributed by atoms with van der Waals surface area (Å²) in [6.07, 6.45) is 4.93. The van der Waals surface area contributed by atoms with Crippen LogP contribution < -0.4 is 5.32 Å². The molecule has 12 nitrogen and oxygen atoms in total. The SMILES string of the molecule is CCC1=C(N(C=O)N2CCOCC2)C(c2ccc([N+](=O)[O-])cc2)C(N(C=O)CCCN2CCC(c3ccccc3)(c3ccccc3)CC2)=C(COC)N1. The lowest BCUT2D eigenvalue weighted by Crippen LogP contribution is -2.51. The fourth-order valence-electron chi connectivity index (χ4n) is 8.18. The van der Waals surface area contributed by atoms with Crippen LogP contribution in [0.5, 0.6) is 0 Å². The lowest BCUT2D eigenvalue weighted by molar-refractivity contribution is -0.384. The Balaban J connectivity index is 1.27. The molecule has 2 saturated heterocycles. The van der Waals surface area contributed by atoms with E-state index in [9.17, 15) is 19.7 Å². The van der Waals surface area contributed by atoms with Crippen molar-refractivity contribution in [1.29, 1.82) is 0 Å². The second-order valence-electron chi connectivity index (χ2n) is 13.7. The van der Waals surface area contributed by atoms with Gasteiger partial charge in [0.25, 0.3) is 5.69 Å². The van der Waals surface area contributed by atoms with Crippen LogP contribution >= 0.6 is 0 Å². The molecule has 6 rings (SSSR count). The monoisotopic (exact) mass is 722 g/mol. The molecule has 3 aliphatic heterocycles. The molecule has 3 heterocycles. The van der Waals surface area contributed by atoms with Crippen LogP contribution in [0.2, 0.25) is 0 Å². The van der Waals surface area contributed by atoms with Crippen molar-refractivity contribution in [3.63, 3.8) is 0 Å². The normalized spacial score (nSPS) is 19.4. The van der Waals surface area contributed by atoms with Crippen molar-refractivity contribution in [3.05, 3.63) is 135 Å². The van der Waals surface area contributed by atoms with Gasteiger partial charge in [-0.1, -0.05) is 79.7 Å². The molecule has 0 saturated carbocycles. The van der Waals surface area contributed by atoms with Gasteiger partial charge in [0.05, 0.1) is 47.8 Å². The molecule has 2 fully saturated rings. The summed E-state index contributed by atoms with van der Waals surface area (Å²) in [6, 6.07) is 28.0. The Morgan fingerprint density at radius 3 is 2.04 bits per heavy atom. The summed E-state index contributed by atoms with van der Waals surface area (Å²) in [6.45, 7) is 7.28. The van der Waals surface area contributed by atoms with Crippen molar-refractivity contribution >= 4 is 18.5 Å². The smallest absolute Gasteiger partial charge is 0.269 e. The summed E-state index contributed by atoms with van der Waals surface area (Å²) < 4.78 is 11.3. The van der Waals surface area contributed by atoms with Crippen molar-refractivity contribution < 1.29 is 24.0 Å². The van der Waals surface area contributed by atoms with Gasteiger partial charge in [-0.15, -0.1) is 0 Å². The van der Waals surface area contributed by atoms with Gasteiger partial charge in [0, 0.05) is 50.0 Å². The molecule has 3 aromatic carbocycles. The van der Waals surface area contributed by atoms with Crippen LogP contribution in [-0.2, 0) is 24.5 Å². The molecule has 1 unspecified atom stereocenters. The van der Waals surface area contributed by atoms with Gasteiger partial charge in [0.15, 0.2) is 0 Å². The molecular formula is C41H50N6O6. The van der Waals surface area contributed by atoms with E-state index in [0.29, 0.717) is 56.4 Å². The van der Waals surface area contributed by atoms with Crippen LogP contribution in [0.25, 0.3) is 0 Å². The Bertz CT molecular complexity index is 1710. The first-order chi connectivity index (χ1) is 25.9. The van der Waals surface area contributed by atoms with E-state index in [4.69, 9.17) is 9.47 Å². The number of hydrogen-bond donors (Lipinski definition) is 1. The second kappa shape index (κ2) is 17.8. The summed E-state index contributed by atoms with van der Waals surface area (Å²) >= 11 is 0. The first-order valence-electron chi connectivity index (χ1n) is 18.5. The highest BCUT2D eigenvalue weighted by Crippen LogP contribution is 2.44. The first kappa shape index (κ1) is 37.9. The number of likely N-dealkylation sites (tertiary alicyclic amines) is 1. The highest BCUT2D eigenvalue weighted by atomic mass is 16.6. The van der Waals surface area contributed by atoms with Crippen LogP contribution in [0.4, 0.5) is 5.69 Å². The maximum absolute atomic E-state index is 13.1. The van der Waals surface area contributed by atoms with E-state index in [1.54, 1.807) is 29.2 Å². The number of amides is 2. The van der Waals surface area contributed by atoms with Gasteiger partial charge in [-0.3, -0.25) is 19.7 Å². The van der Waals surface area contributed by atoms with Crippen LogP contribution in [0.15, 0.2) is 108 Å². The third-order valence-corrected chi connectivity index (χ3v) is 10.9. The number of nitro benzene ring substituents is 1. The number of allylic oxidation sites excluding steroid dienone is 1. The van der Waals surface area contributed by atoms with E-state index in [1.807, 2.05) is 11.9 Å². The molecule has 1 N–H and O–H groups in total. The zero-order valence-electron chi connectivity index (χ0n) is 30.7. The maximum atomic E-state index is 13.1. The summed E-state index contributed by atoms with van der Waals surface area (Å²) in [5.74, 6) is -0.595. The standard InChI is InChI=1S/C41H50N6O6/c1-3-36-40(46(31-49)45-25-27-53-28-26-45)38(32-15-17-35(18-16-32)47(50)51)39(37(42-36)29-52-2)44(30-48)22-10-21-43-23-19-41(20-24-43,33-11-6-4-7-12-33)34-13-8-5-9-14-34/h4-9,11-18,30-31,38,42H,3,10,19-29H2,1-2H3. The van der Waals surface area contributed by atoms with Gasteiger partial charge in [0.1, 0.15) is 0 Å². The van der Waals surface area contributed by atoms with E-state index in [1.165, 1.54) is 23.3 Å². The lowest BCUT2D eigenvalue weighted by atomic mass is 9.68. The summed E-state index contributed by atoms with van der Waals surface area (Å²) in [5, 5.41) is 18.7. The molecule has 0 aliphatic carbocycles. The van der Waals surface area contributed by atoms with Gasteiger partial charge < -0.3 is 24.6 Å². The maximum Gasteiger partial charge on any atom is 0.269 e. The molecule has 3 aliphatic rings. The summed E-state index contributed by atoms with van der Waals surface area (Å²) in [7, 11) is 1.61. The molecule has 0 spiro atoms. The number of rotatable bonds is 16. The van der Waals surface area contributed by atoms with Gasteiger partial charge in [-0.05, 0) is 62.0 Å². The van der Waals surface area contributed by atoms with E-state index >= 15 is 0 Å². The molecule has 3 aromatic rings. The van der Waals surface area contributed by atoms with E-state index in [0.717, 1.165) is 63.0 Å². The van der Waals surface area contributed by atoms with Gasteiger partial charge >= 0.3 is 0 Å². The Kier molecular flexibility index (Phi) is 12.7. The predicted molar refractivity (Wildman–Crippen MR) is 202 cm³/mol. The van der Waals surface area contributed by atoms with E-state index < -0.39 is 10.8 Å². The lowest BCUT2D eigenvalue weighted by Gasteiger charge is -2.44. The van der Waals surface area contributed by atoms with E-state index in [-0.39, 0.29) is 17.7 Å². The number of carbonyl (C=O) groups excluding carboxylic acids is 2. The number of hydrazine groups is 1. The number of non-ortho nitro benzene ring substituents is 1. The molecule has 0 bridgehead atoms. The Hall–Kier alpha value is -4.88. The minimum absolute atomic E-state index is 0.0377. The molecular weight excluding hydrogens is 672 g/mol. The summed E-state index contributed by atoms with van der Waals surface area (Å²) in [5.41, 5.74) is 6.18.